The number of amides is 1. The number of aliphatic hydroxyl groups is 5. The van der Waals surface area contributed by atoms with E-state index in [9.17, 15) is 35.1 Å². The standard InChI is InChI=1S/C72H125NO10/c1-4-7-10-13-16-19-22-24-26-28-29-30-31-32-33-34-35-36-38-39-41-44-47-50-53-56-59-65(76)71(80)73-63(64(75)58-55-52-49-46-43-21-18-15-12-9-6-3)62-81-72-70(69(79)68(78)66(61-74)82-72)83-67(77)60-57-54-51-48-45-42-40-37-27-25-23-20-17-14-11-8-5-2/h7,10,16-17,19-20,24-27,29-30,32-33,55,58,63-66,68-70,72,74-76,78-79H,4-6,8-9,11-15,18,21-23,28,31,34-54,56-57,59-62H2,1-3H3,(H,73,80)/b10-7-,19-16-,20-17-,26-24-,27-25-,30-29-,33-32-,58-55+. The van der Waals surface area contributed by atoms with Gasteiger partial charge in [-0.1, -0.05) is 272 Å². The predicted molar refractivity (Wildman–Crippen MR) is 347 cm³/mol. The Morgan fingerprint density at radius 3 is 1.33 bits per heavy atom. The first-order chi connectivity index (χ1) is 40.7. The molecule has 0 aromatic heterocycles. The molecule has 0 saturated carbocycles. The number of ether oxygens (including phenoxy) is 3. The van der Waals surface area contributed by atoms with Gasteiger partial charge in [0.1, 0.15) is 24.4 Å². The summed E-state index contributed by atoms with van der Waals surface area (Å²) in [4.78, 5) is 26.6. The maximum atomic E-state index is 13.5. The van der Waals surface area contributed by atoms with E-state index in [1.165, 1.54) is 122 Å². The number of aliphatic hydroxyl groups excluding tert-OH is 5. The number of nitrogens with one attached hydrogen (secondary N) is 1. The van der Waals surface area contributed by atoms with Gasteiger partial charge in [-0.15, -0.1) is 0 Å². The van der Waals surface area contributed by atoms with Crippen molar-refractivity contribution in [3.63, 3.8) is 0 Å². The molecule has 1 saturated heterocycles. The Hall–Kier alpha value is -3.42. The van der Waals surface area contributed by atoms with Crippen LogP contribution >= 0.6 is 0 Å². The molecule has 1 amide bonds. The topological polar surface area (TPSA) is 175 Å². The Kier molecular flexibility index (Phi) is 55.1. The highest BCUT2D eigenvalue weighted by Gasteiger charge is 2.47. The summed E-state index contributed by atoms with van der Waals surface area (Å²) in [6.45, 7) is 5.65. The van der Waals surface area contributed by atoms with E-state index in [0.29, 0.717) is 12.8 Å². The van der Waals surface area contributed by atoms with Crippen LogP contribution in [0.5, 0.6) is 0 Å². The normalized spacial score (nSPS) is 19.2. The van der Waals surface area contributed by atoms with Crippen molar-refractivity contribution in [2.24, 2.45) is 0 Å². The highest BCUT2D eigenvalue weighted by Crippen LogP contribution is 2.26. The SMILES string of the molecule is CC/C=C\C/C=C\C/C=C\C/C=C\C/C=C\CCCCCCCCCCCCC(O)C(=O)NC(COC1OC(CO)C(O)C(O)C1OC(=O)CCCCCCCCC/C=C\C/C=C\CCCCC)C(O)/C=C/CCCCCCCCCCC. The monoisotopic (exact) mass is 1160 g/mol. The number of rotatable bonds is 57. The fourth-order valence-electron chi connectivity index (χ4n) is 10.1. The van der Waals surface area contributed by atoms with Gasteiger partial charge in [0.05, 0.1) is 25.4 Å². The summed E-state index contributed by atoms with van der Waals surface area (Å²) in [6.07, 6.45) is 68.7. The summed E-state index contributed by atoms with van der Waals surface area (Å²) in [6, 6.07) is -1.03. The van der Waals surface area contributed by atoms with E-state index in [0.717, 1.165) is 116 Å². The van der Waals surface area contributed by atoms with Crippen molar-refractivity contribution in [1.29, 1.82) is 0 Å². The molecule has 11 heteroatoms. The number of hydrogen-bond acceptors (Lipinski definition) is 10. The molecule has 0 spiro atoms. The summed E-state index contributed by atoms with van der Waals surface area (Å²) >= 11 is 0. The largest absolute Gasteiger partial charge is 0.454 e. The molecule has 6 N–H and O–H groups in total. The number of esters is 1. The fraction of sp³-hybridized carbons (Fsp3) is 0.750. The van der Waals surface area contributed by atoms with Crippen LogP contribution in [0.2, 0.25) is 0 Å². The van der Waals surface area contributed by atoms with Gasteiger partial charge in [0.2, 0.25) is 5.91 Å². The molecule has 1 fully saturated rings. The van der Waals surface area contributed by atoms with Crippen LogP contribution < -0.4 is 5.32 Å². The Morgan fingerprint density at radius 2 is 0.867 bits per heavy atom. The minimum Gasteiger partial charge on any atom is -0.454 e. The third kappa shape index (κ3) is 46.5. The van der Waals surface area contributed by atoms with Crippen LogP contribution in [0.25, 0.3) is 0 Å². The van der Waals surface area contributed by atoms with Crippen molar-refractivity contribution in [2.75, 3.05) is 13.2 Å². The summed E-state index contributed by atoms with van der Waals surface area (Å²) in [7, 11) is 0. The smallest absolute Gasteiger partial charge is 0.306 e. The second kappa shape index (κ2) is 58.9. The van der Waals surface area contributed by atoms with Gasteiger partial charge in [0.25, 0.3) is 0 Å². The van der Waals surface area contributed by atoms with Crippen molar-refractivity contribution in [1.82, 2.24) is 5.32 Å². The number of unbranched alkanes of at least 4 members (excludes halogenated alkanes) is 29. The van der Waals surface area contributed by atoms with E-state index in [1.54, 1.807) is 6.08 Å². The van der Waals surface area contributed by atoms with Crippen molar-refractivity contribution in [2.45, 2.75) is 333 Å². The van der Waals surface area contributed by atoms with Crippen molar-refractivity contribution in [3.05, 3.63) is 97.2 Å². The van der Waals surface area contributed by atoms with Crippen molar-refractivity contribution >= 4 is 11.9 Å². The lowest BCUT2D eigenvalue weighted by molar-refractivity contribution is -0.305. The van der Waals surface area contributed by atoms with E-state index in [2.05, 4.69) is 111 Å². The maximum Gasteiger partial charge on any atom is 0.306 e. The van der Waals surface area contributed by atoms with E-state index >= 15 is 0 Å². The van der Waals surface area contributed by atoms with Crippen LogP contribution in [0.15, 0.2) is 97.2 Å². The van der Waals surface area contributed by atoms with Gasteiger partial charge in [-0.05, 0) is 103 Å². The van der Waals surface area contributed by atoms with Crippen molar-refractivity contribution < 1.29 is 49.3 Å². The van der Waals surface area contributed by atoms with Gasteiger partial charge < -0.3 is 45.1 Å². The summed E-state index contributed by atoms with van der Waals surface area (Å²) < 4.78 is 17.6. The van der Waals surface area contributed by atoms with Gasteiger partial charge >= 0.3 is 5.97 Å². The summed E-state index contributed by atoms with van der Waals surface area (Å²) in [5.74, 6) is -1.21. The molecule has 0 aromatic rings. The zero-order chi connectivity index (χ0) is 60.3. The Bertz CT molecular complexity index is 1720. The minimum absolute atomic E-state index is 0.111. The lowest BCUT2D eigenvalue weighted by Gasteiger charge is -2.41. The van der Waals surface area contributed by atoms with Crippen molar-refractivity contribution in [3.8, 4) is 0 Å². The predicted octanol–water partition coefficient (Wildman–Crippen LogP) is 17.1. The summed E-state index contributed by atoms with van der Waals surface area (Å²) in [5, 5.41) is 57.1. The van der Waals surface area contributed by atoms with Gasteiger partial charge in [-0.3, -0.25) is 9.59 Å². The molecule has 1 heterocycles. The molecule has 0 aromatic carbocycles. The lowest BCUT2D eigenvalue weighted by Crippen LogP contribution is -2.61. The Labute approximate surface area is 507 Å². The lowest BCUT2D eigenvalue weighted by atomic mass is 9.99. The number of allylic oxidation sites excluding steroid dienone is 15. The molecule has 83 heavy (non-hydrogen) atoms. The maximum absolute atomic E-state index is 13.5. The third-order valence-electron chi connectivity index (χ3n) is 15.5. The first-order valence-corrected chi connectivity index (χ1v) is 34.0. The van der Waals surface area contributed by atoms with Crippen LogP contribution in [0.4, 0.5) is 0 Å². The van der Waals surface area contributed by atoms with Crippen LogP contribution in [0, 0.1) is 0 Å². The van der Waals surface area contributed by atoms with Crippen LogP contribution in [-0.4, -0.2) is 99.6 Å². The van der Waals surface area contributed by atoms with Gasteiger partial charge in [0.15, 0.2) is 12.4 Å². The molecule has 11 nitrogen and oxygen atoms in total. The molecule has 8 atom stereocenters. The molecule has 0 radical (unpaired) electrons. The number of carbonyl (C=O) groups is 2. The van der Waals surface area contributed by atoms with E-state index in [4.69, 9.17) is 14.2 Å². The van der Waals surface area contributed by atoms with Gasteiger partial charge in [0, 0.05) is 6.42 Å². The summed E-state index contributed by atoms with van der Waals surface area (Å²) in [5.41, 5.74) is 0. The molecule has 478 valence electrons. The first-order valence-electron chi connectivity index (χ1n) is 34.0. The van der Waals surface area contributed by atoms with E-state index < -0.39 is 67.4 Å². The third-order valence-corrected chi connectivity index (χ3v) is 15.5. The second-order valence-electron chi connectivity index (χ2n) is 23.2. The quantitative estimate of drug-likeness (QED) is 0.0195. The van der Waals surface area contributed by atoms with Crippen LogP contribution in [0.3, 0.4) is 0 Å². The Morgan fingerprint density at radius 1 is 0.482 bits per heavy atom. The number of hydrogen-bond donors (Lipinski definition) is 6. The minimum atomic E-state index is -1.62. The van der Waals surface area contributed by atoms with Gasteiger partial charge in [-0.2, -0.15) is 0 Å². The molecular weight excluding hydrogens is 1040 g/mol. The number of carbonyl (C=O) groups excluding carboxylic acids is 2. The molecule has 1 aliphatic rings. The molecule has 0 bridgehead atoms. The molecule has 8 unspecified atom stereocenters. The average Bonchev–Trinajstić information content (AvgIpc) is 3.62. The average molecular weight is 1160 g/mol. The zero-order valence-electron chi connectivity index (χ0n) is 53.0. The highest BCUT2D eigenvalue weighted by atomic mass is 16.7. The van der Waals surface area contributed by atoms with E-state index in [-0.39, 0.29) is 19.4 Å². The first kappa shape index (κ1) is 77.6. The van der Waals surface area contributed by atoms with Gasteiger partial charge in [-0.25, -0.2) is 0 Å². The fourth-order valence-corrected chi connectivity index (χ4v) is 10.1. The molecule has 1 rings (SSSR count). The van der Waals surface area contributed by atoms with Crippen LogP contribution in [0.1, 0.15) is 284 Å². The molecule has 0 aliphatic carbocycles. The Balaban J connectivity index is 2.58. The molecular formula is C72H125NO10. The highest BCUT2D eigenvalue weighted by molar-refractivity contribution is 5.80. The van der Waals surface area contributed by atoms with E-state index in [1.807, 2.05) is 6.08 Å². The van der Waals surface area contributed by atoms with Crippen LogP contribution in [-0.2, 0) is 23.8 Å². The zero-order valence-corrected chi connectivity index (χ0v) is 53.0. The second-order valence-corrected chi connectivity index (χ2v) is 23.2. The molecule has 1 aliphatic heterocycles.